The van der Waals surface area contributed by atoms with Gasteiger partial charge in [0.15, 0.2) is 0 Å². The summed E-state index contributed by atoms with van der Waals surface area (Å²) in [5.41, 5.74) is 3.80. The maximum absolute atomic E-state index is 12.8. The molecular formula is C23H23NO4. The van der Waals surface area contributed by atoms with Crippen LogP contribution in [-0.4, -0.2) is 41.3 Å². The molecule has 0 radical (unpaired) electrons. The molecule has 3 saturated carbocycles. The standard InChI is InChI=1S/C23H23NO4/c1-24(23-11-10-22(13-23,14-23)20(25)26)21(27)28-12-19-17-8-4-2-6-15(17)16-7-3-5-9-18(16)19/h2-9,19H,10-14H2,1H3,(H,25,26). The molecule has 0 atom stereocenters. The van der Waals surface area contributed by atoms with Gasteiger partial charge in [0, 0.05) is 18.5 Å². The molecule has 1 amide bonds. The molecule has 0 spiro atoms. The normalized spacial score (nSPS) is 26.9. The number of amides is 1. The topological polar surface area (TPSA) is 66.8 Å². The highest BCUT2D eigenvalue weighted by Crippen LogP contribution is 2.63. The Labute approximate surface area is 163 Å². The van der Waals surface area contributed by atoms with E-state index in [-0.39, 0.29) is 24.2 Å². The number of rotatable bonds is 4. The highest BCUT2D eigenvalue weighted by molar-refractivity contribution is 5.80. The first-order chi connectivity index (χ1) is 13.5. The lowest BCUT2D eigenvalue weighted by Gasteiger charge is -2.49. The third-order valence-electron chi connectivity index (χ3n) is 7.18. The van der Waals surface area contributed by atoms with Crippen LogP contribution in [0.15, 0.2) is 48.5 Å². The number of hydrogen-bond acceptors (Lipinski definition) is 3. The zero-order valence-corrected chi connectivity index (χ0v) is 15.9. The summed E-state index contributed by atoms with van der Waals surface area (Å²) >= 11 is 0. The molecule has 2 aromatic rings. The first-order valence-electron chi connectivity index (χ1n) is 9.78. The Hall–Kier alpha value is -2.82. The van der Waals surface area contributed by atoms with Crippen molar-refractivity contribution in [3.63, 3.8) is 0 Å². The van der Waals surface area contributed by atoms with Gasteiger partial charge in [0.1, 0.15) is 6.61 Å². The zero-order valence-electron chi connectivity index (χ0n) is 15.9. The minimum Gasteiger partial charge on any atom is -0.481 e. The zero-order chi connectivity index (χ0) is 19.5. The molecule has 2 aromatic carbocycles. The summed E-state index contributed by atoms with van der Waals surface area (Å²) in [6, 6.07) is 16.5. The molecule has 6 rings (SSSR count). The minimum atomic E-state index is -0.735. The van der Waals surface area contributed by atoms with Crippen LogP contribution >= 0.6 is 0 Å². The maximum atomic E-state index is 12.8. The summed E-state index contributed by atoms with van der Waals surface area (Å²) in [4.78, 5) is 25.9. The van der Waals surface area contributed by atoms with E-state index >= 15 is 0 Å². The molecule has 28 heavy (non-hydrogen) atoms. The number of hydrogen-bond donors (Lipinski definition) is 1. The van der Waals surface area contributed by atoms with E-state index in [2.05, 4.69) is 24.3 Å². The second-order valence-electron chi connectivity index (χ2n) is 8.53. The molecule has 5 nitrogen and oxygen atoms in total. The number of carboxylic acids is 1. The number of carbonyl (C=O) groups excluding carboxylic acids is 1. The molecule has 0 aliphatic heterocycles. The lowest BCUT2D eigenvalue weighted by molar-refractivity contribution is -0.157. The Balaban J connectivity index is 1.31. The van der Waals surface area contributed by atoms with Crippen molar-refractivity contribution in [2.24, 2.45) is 5.41 Å². The van der Waals surface area contributed by atoms with E-state index in [1.165, 1.54) is 22.3 Å². The summed E-state index contributed by atoms with van der Waals surface area (Å²) in [6.07, 6.45) is 2.10. The number of nitrogens with zero attached hydrogens (tertiary/aromatic N) is 1. The van der Waals surface area contributed by atoms with Crippen LogP contribution in [-0.2, 0) is 9.53 Å². The van der Waals surface area contributed by atoms with Crippen molar-refractivity contribution in [2.75, 3.05) is 13.7 Å². The Bertz CT molecular complexity index is 931. The summed E-state index contributed by atoms with van der Waals surface area (Å²) in [7, 11) is 1.75. The molecule has 3 fully saturated rings. The molecule has 1 N–H and O–H groups in total. The van der Waals surface area contributed by atoms with Gasteiger partial charge in [-0.15, -0.1) is 0 Å². The quantitative estimate of drug-likeness (QED) is 0.864. The van der Waals surface area contributed by atoms with Crippen molar-refractivity contribution >= 4 is 12.1 Å². The fourth-order valence-electron chi connectivity index (χ4n) is 5.58. The van der Waals surface area contributed by atoms with Crippen molar-refractivity contribution < 1.29 is 19.4 Å². The monoisotopic (exact) mass is 377 g/mol. The molecule has 0 saturated heterocycles. The Morgan fingerprint density at radius 3 is 2.14 bits per heavy atom. The van der Waals surface area contributed by atoms with E-state index in [1.807, 2.05) is 24.3 Å². The molecule has 0 aromatic heterocycles. The van der Waals surface area contributed by atoms with Crippen LogP contribution in [0.5, 0.6) is 0 Å². The van der Waals surface area contributed by atoms with Crippen LogP contribution < -0.4 is 0 Å². The number of ether oxygens (including phenoxy) is 1. The van der Waals surface area contributed by atoms with Gasteiger partial charge in [0.25, 0.3) is 0 Å². The van der Waals surface area contributed by atoms with E-state index in [4.69, 9.17) is 4.74 Å². The molecule has 0 heterocycles. The summed E-state index contributed by atoms with van der Waals surface area (Å²) < 4.78 is 5.74. The highest BCUT2D eigenvalue weighted by atomic mass is 16.6. The van der Waals surface area contributed by atoms with Crippen molar-refractivity contribution in [1.29, 1.82) is 0 Å². The van der Waals surface area contributed by atoms with Gasteiger partial charge in [-0.3, -0.25) is 4.79 Å². The number of carbonyl (C=O) groups is 2. The van der Waals surface area contributed by atoms with Crippen LogP contribution in [0.25, 0.3) is 11.1 Å². The molecule has 4 aliphatic carbocycles. The fraction of sp³-hybridized carbons (Fsp3) is 0.391. The van der Waals surface area contributed by atoms with E-state index in [1.54, 1.807) is 11.9 Å². The van der Waals surface area contributed by atoms with Crippen molar-refractivity contribution in [1.82, 2.24) is 4.90 Å². The van der Waals surface area contributed by atoms with Gasteiger partial charge in [0.05, 0.1) is 5.41 Å². The Morgan fingerprint density at radius 1 is 1.04 bits per heavy atom. The van der Waals surface area contributed by atoms with Gasteiger partial charge in [-0.2, -0.15) is 0 Å². The lowest BCUT2D eigenvalue weighted by atomic mass is 9.64. The molecular weight excluding hydrogens is 354 g/mol. The summed E-state index contributed by atoms with van der Waals surface area (Å²) in [5.74, 6) is -0.702. The van der Waals surface area contributed by atoms with E-state index in [9.17, 15) is 14.7 Å². The molecule has 2 bridgehead atoms. The average Bonchev–Trinajstić information content (AvgIpc) is 3.35. The molecule has 0 unspecified atom stereocenters. The smallest absolute Gasteiger partial charge is 0.409 e. The highest BCUT2D eigenvalue weighted by Gasteiger charge is 2.67. The SMILES string of the molecule is CN(C(=O)OCC1c2ccccc2-c2ccccc21)C12CCC(C(=O)O)(C1)C2. The van der Waals surface area contributed by atoms with Gasteiger partial charge in [-0.25, -0.2) is 4.79 Å². The van der Waals surface area contributed by atoms with Gasteiger partial charge in [-0.1, -0.05) is 48.5 Å². The first-order valence-corrected chi connectivity index (χ1v) is 9.78. The second kappa shape index (κ2) is 5.84. The fourth-order valence-corrected chi connectivity index (χ4v) is 5.58. The van der Waals surface area contributed by atoms with Crippen molar-refractivity contribution in [3.05, 3.63) is 59.7 Å². The number of benzene rings is 2. The van der Waals surface area contributed by atoms with Crippen molar-refractivity contribution in [3.8, 4) is 11.1 Å². The minimum absolute atomic E-state index is 0.0327. The van der Waals surface area contributed by atoms with E-state index in [0.717, 1.165) is 6.42 Å². The second-order valence-corrected chi connectivity index (χ2v) is 8.53. The molecule has 5 heteroatoms. The van der Waals surface area contributed by atoms with Crippen LogP contribution in [0.3, 0.4) is 0 Å². The van der Waals surface area contributed by atoms with Gasteiger partial charge in [0.2, 0.25) is 0 Å². The van der Waals surface area contributed by atoms with Crippen LogP contribution in [0.2, 0.25) is 0 Å². The number of aliphatic carboxylic acids is 1. The number of carboxylic acid groups (broad SMARTS) is 1. The van der Waals surface area contributed by atoms with Crippen LogP contribution in [0.4, 0.5) is 4.79 Å². The van der Waals surface area contributed by atoms with Gasteiger partial charge >= 0.3 is 12.1 Å². The van der Waals surface area contributed by atoms with Crippen molar-refractivity contribution in [2.45, 2.75) is 37.1 Å². The molecule has 144 valence electrons. The summed E-state index contributed by atoms with van der Waals surface area (Å²) in [5, 5.41) is 9.44. The number of fused-ring (bicyclic) bond motifs is 4. The first kappa shape index (κ1) is 17.3. The predicted molar refractivity (Wildman–Crippen MR) is 104 cm³/mol. The predicted octanol–water partition coefficient (Wildman–Crippen LogP) is 4.26. The largest absolute Gasteiger partial charge is 0.481 e. The maximum Gasteiger partial charge on any atom is 0.409 e. The van der Waals surface area contributed by atoms with Crippen LogP contribution in [0.1, 0.15) is 42.7 Å². The van der Waals surface area contributed by atoms with Gasteiger partial charge in [-0.05, 0) is 47.9 Å². The Morgan fingerprint density at radius 2 is 1.61 bits per heavy atom. The molecule has 4 aliphatic rings. The lowest BCUT2D eigenvalue weighted by Crippen LogP contribution is -2.58. The van der Waals surface area contributed by atoms with E-state index in [0.29, 0.717) is 19.3 Å². The Kier molecular flexibility index (Phi) is 3.60. The summed E-state index contributed by atoms with van der Waals surface area (Å²) in [6.45, 7) is 0.289. The van der Waals surface area contributed by atoms with Gasteiger partial charge < -0.3 is 14.7 Å². The van der Waals surface area contributed by atoms with Crippen LogP contribution in [0, 0.1) is 5.41 Å². The third-order valence-corrected chi connectivity index (χ3v) is 7.18. The average molecular weight is 377 g/mol. The van der Waals surface area contributed by atoms with E-state index < -0.39 is 11.4 Å². The third kappa shape index (κ3) is 2.25.